The lowest BCUT2D eigenvalue weighted by molar-refractivity contribution is -0.282. The minimum Gasteiger partial charge on any atom is -0.458 e. The molecule has 1 fully saturated rings. The maximum Gasteiger partial charge on any atom is 0.316 e. The van der Waals surface area contributed by atoms with Crippen LogP contribution in [-0.2, 0) is 38.1 Å². The van der Waals surface area contributed by atoms with E-state index in [1.807, 2.05) is 46.7 Å². The van der Waals surface area contributed by atoms with Crippen LogP contribution < -0.4 is 0 Å². The lowest BCUT2D eigenvalue weighted by Gasteiger charge is -2.45. The fourth-order valence-electron chi connectivity index (χ4n) is 6.29. The number of allylic oxidation sites excluding steroid dienone is 1. The first-order valence-electron chi connectivity index (χ1n) is 15.3. The highest BCUT2D eigenvalue weighted by molar-refractivity contribution is 6.00. The summed E-state index contributed by atoms with van der Waals surface area (Å²) in [6, 6.07) is -0.187. The Labute approximate surface area is 251 Å². The van der Waals surface area contributed by atoms with Crippen molar-refractivity contribution in [3.05, 3.63) is 11.6 Å². The summed E-state index contributed by atoms with van der Waals surface area (Å²) in [7, 11) is 3.79. The van der Waals surface area contributed by atoms with E-state index in [9.17, 15) is 24.3 Å². The van der Waals surface area contributed by atoms with E-state index < -0.39 is 59.9 Å². The van der Waals surface area contributed by atoms with Crippen LogP contribution >= 0.6 is 0 Å². The predicted molar refractivity (Wildman–Crippen MR) is 157 cm³/mol. The number of carbonyl (C=O) groups is 4. The Morgan fingerprint density at radius 1 is 1.10 bits per heavy atom. The third kappa shape index (κ3) is 8.94. The van der Waals surface area contributed by atoms with Crippen molar-refractivity contribution >= 4 is 23.5 Å². The Balaban J connectivity index is 2.56. The highest BCUT2D eigenvalue weighted by Gasteiger charge is 2.46. The number of esters is 2. The Bertz CT molecular complexity index is 1010. The summed E-state index contributed by atoms with van der Waals surface area (Å²) in [5.74, 6) is -4.43. The number of ketones is 2. The van der Waals surface area contributed by atoms with Crippen LogP contribution in [0.25, 0.3) is 0 Å². The van der Waals surface area contributed by atoms with Crippen LogP contribution in [-0.4, -0.2) is 90.0 Å². The van der Waals surface area contributed by atoms with Gasteiger partial charge in [-0.25, -0.2) is 0 Å². The Hall–Kier alpha value is -2.14. The predicted octanol–water partition coefficient (Wildman–Crippen LogP) is 3.86. The van der Waals surface area contributed by atoms with Gasteiger partial charge in [0.2, 0.25) is 0 Å². The minimum atomic E-state index is -1.59. The number of likely N-dealkylation sites (N-methyl/N-ethyl adjacent to an activating group) is 1. The molecule has 2 heterocycles. The summed E-state index contributed by atoms with van der Waals surface area (Å²) < 4.78 is 24.2. The molecule has 0 aromatic carbocycles. The maximum atomic E-state index is 13.8. The van der Waals surface area contributed by atoms with E-state index in [0.29, 0.717) is 31.3 Å². The van der Waals surface area contributed by atoms with Crippen molar-refractivity contribution in [1.29, 1.82) is 0 Å². The minimum absolute atomic E-state index is 0.153. The fraction of sp³-hybridized carbons (Fsp3) is 0.812. The molecule has 0 spiro atoms. The van der Waals surface area contributed by atoms with Gasteiger partial charge < -0.3 is 29.0 Å². The molecule has 0 amide bonds. The standard InChI is InChI=1S/C32H53NO9/c1-12-13-25-32(9,38)16-19(4)26(35)17(2)14-18(3)28(21(6)27(36)22(7)30(37)41-25)42-31-29(40-23(8)34)24(33(10)11)15-20(5)39-31/h16-18,20-22,24-25,28-29,31,38H,12-15H2,1-11H3/t17-,18+,20+,21+,22-,24?,25-,28+,29-,31+,32+/m1/s1. The lowest BCUT2D eigenvalue weighted by atomic mass is 9.79. The topological polar surface area (TPSA) is 129 Å². The highest BCUT2D eigenvalue weighted by Crippen LogP contribution is 2.34. The summed E-state index contributed by atoms with van der Waals surface area (Å²) in [6.45, 7) is 15.2. The van der Waals surface area contributed by atoms with Gasteiger partial charge in [-0.15, -0.1) is 0 Å². The molecular weight excluding hydrogens is 542 g/mol. The molecule has 0 aromatic heterocycles. The van der Waals surface area contributed by atoms with Gasteiger partial charge in [-0.3, -0.25) is 19.2 Å². The molecule has 42 heavy (non-hydrogen) atoms. The van der Waals surface area contributed by atoms with Gasteiger partial charge in [0.25, 0.3) is 0 Å². The number of Topliss-reactive ketones (excluding diaryl/α,β-unsaturated/α-hetero) is 2. The molecule has 0 aliphatic carbocycles. The van der Waals surface area contributed by atoms with Crippen molar-refractivity contribution in [2.75, 3.05) is 14.1 Å². The van der Waals surface area contributed by atoms with E-state index in [0.717, 1.165) is 0 Å². The third-order valence-electron chi connectivity index (χ3n) is 8.66. The van der Waals surface area contributed by atoms with Crippen LogP contribution in [0.2, 0.25) is 0 Å². The largest absolute Gasteiger partial charge is 0.458 e. The molecule has 2 aliphatic rings. The van der Waals surface area contributed by atoms with Gasteiger partial charge in [-0.05, 0) is 78.6 Å². The van der Waals surface area contributed by atoms with Crippen molar-refractivity contribution < 1.29 is 43.2 Å². The number of cyclic esters (lactones) is 1. The Morgan fingerprint density at radius 2 is 1.71 bits per heavy atom. The van der Waals surface area contributed by atoms with Gasteiger partial charge in [-0.2, -0.15) is 0 Å². The van der Waals surface area contributed by atoms with Crippen molar-refractivity contribution in [2.45, 2.75) is 130 Å². The van der Waals surface area contributed by atoms with Crippen molar-refractivity contribution in [1.82, 2.24) is 4.90 Å². The van der Waals surface area contributed by atoms with Crippen LogP contribution in [0.4, 0.5) is 0 Å². The van der Waals surface area contributed by atoms with Gasteiger partial charge in [0.05, 0.1) is 18.2 Å². The number of ether oxygens (including phenoxy) is 4. The SMILES string of the molecule is CCC[C@H]1OC(=O)[C@H](C)C(=O)[C@H](C)[C@@H](O[C@@H]2O[C@@H](C)CC(N(C)C)[C@H]2OC(C)=O)[C@@H](C)C[C@@H](C)C(=O)C(C)=C[C@]1(C)O. The molecule has 10 heteroatoms. The van der Waals surface area contributed by atoms with E-state index in [2.05, 4.69) is 0 Å². The van der Waals surface area contributed by atoms with Crippen LogP contribution in [0.3, 0.4) is 0 Å². The van der Waals surface area contributed by atoms with E-state index in [1.165, 1.54) is 26.8 Å². The zero-order valence-electron chi connectivity index (χ0n) is 27.3. The van der Waals surface area contributed by atoms with Crippen molar-refractivity contribution in [2.24, 2.45) is 23.7 Å². The van der Waals surface area contributed by atoms with E-state index in [1.54, 1.807) is 13.8 Å². The number of hydrogen-bond acceptors (Lipinski definition) is 10. The molecule has 0 radical (unpaired) electrons. The van der Waals surface area contributed by atoms with Gasteiger partial charge in [0.1, 0.15) is 17.6 Å². The van der Waals surface area contributed by atoms with Crippen LogP contribution in [0.1, 0.15) is 88.0 Å². The molecule has 240 valence electrons. The molecular formula is C32H53NO9. The molecule has 1 saturated heterocycles. The van der Waals surface area contributed by atoms with Crippen LogP contribution in [0, 0.1) is 23.7 Å². The molecule has 0 bridgehead atoms. The van der Waals surface area contributed by atoms with E-state index >= 15 is 0 Å². The molecule has 2 aliphatic heterocycles. The molecule has 0 aromatic rings. The lowest BCUT2D eigenvalue weighted by Crippen LogP contribution is -2.57. The first kappa shape index (κ1) is 36.1. The second-order valence-corrected chi connectivity index (χ2v) is 12.9. The average Bonchev–Trinajstić information content (AvgIpc) is 2.89. The van der Waals surface area contributed by atoms with Crippen LogP contribution in [0.5, 0.6) is 0 Å². The number of aliphatic hydroxyl groups is 1. The summed E-state index contributed by atoms with van der Waals surface area (Å²) in [5, 5.41) is 11.3. The smallest absolute Gasteiger partial charge is 0.316 e. The first-order chi connectivity index (χ1) is 19.4. The Kier molecular flexibility index (Phi) is 12.9. The van der Waals surface area contributed by atoms with Gasteiger partial charge in [-0.1, -0.05) is 34.1 Å². The highest BCUT2D eigenvalue weighted by atomic mass is 16.7. The zero-order chi connectivity index (χ0) is 32.1. The maximum absolute atomic E-state index is 13.8. The third-order valence-corrected chi connectivity index (χ3v) is 8.66. The summed E-state index contributed by atoms with van der Waals surface area (Å²) >= 11 is 0. The average molecular weight is 596 g/mol. The molecule has 1 unspecified atom stereocenters. The number of rotatable bonds is 6. The number of hydrogen-bond donors (Lipinski definition) is 1. The Morgan fingerprint density at radius 3 is 2.26 bits per heavy atom. The summed E-state index contributed by atoms with van der Waals surface area (Å²) in [6.07, 6.45) is -0.197. The second-order valence-electron chi connectivity index (χ2n) is 12.9. The number of nitrogens with zero attached hydrogens (tertiary/aromatic N) is 1. The molecule has 0 saturated carbocycles. The second kappa shape index (κ2) is 15.0. The number of carbonyl (C=O) groups excluding carboxylic acids is 4. The summed E-state index contributed by atoms with van der Waals surface area (Å²) in [4.78, 5) is 54.5. The molecule has 2 rings (SSSR count). The summed E-state index contributed by atoms with van der Waals surface area (Å²) in [5.41, 5.74) is -1.22. The van der Waals surface area contributed by atoms with E-state index in [-0.39, 0.29) is 29.6 Å². The monoisotopic (exact) mass is 595 g/mol. The van der Waals surface area contributed by atoms with Crippen molar-refractivity contribution in [3.63, 3.8) is 0 Å². The first-order valence-corrected chi connectivity index (χ1v) is 15.3. The molecule has 10 nitrogen and oxygen atoms in total. The van der Waals surface area contributed by atoms with Crippen molar-refractivity contribution in [3.8, 4) is 0 Å². The fourth-order valence-corrected chi connectivity index (χ4v) is 6.29. The van der Waals surface area contributed by atoms with Gasteiger partial charge in [0, 0.05) is 18.8 Å². The van der Waals surface area contributed by atoms with E-state index in [4.69, 9.17) is 18.9 Å². The molecule has 1 N–H and O–H groups in total. The normalized spacial score (nSPS) is 39.4. The molecule has 11 atom stereocenters. The van der Waals surface area contributed by atoms with Gasteiger partial charge >= 0.3 is 11.9 Å². The van der Waals surface area contributed by atoms with Crippen LogP contribution in [0.15, 0.2) is 11.6 Å². The quantitative estimate of drug-likeness (QED) is 0.357. The zero-order valence-corrected chi connectivity index (χ0v) is 27.3. The van der Waals surface area contributed by atoms with Gasteiger partial charge in [0.15, 0.2) is 24.0 Å².